The second-order valence-electron chi connectivity index (χ2n) is 7.29. The Morgan fingerprint density at radius 2 is 1.80 bits per heavy atom. The number of H-pyrrole nitrogens is 1. The maximum atomic E-state index is 11.3. The zero-order valence-electron chi connectivity index (χ0n) is 17.1. The van der Waals surface area contributed by atoms with Gasteiger partial charge < -0.3 is 19.7 Å². The first-order valence-electron chi connectivity index (χ1n) is 9.88. The highest BCUT2D eigenvalue weighted by atomic mass is 16.4. The third-order valence-corrected chi connectivity index (χ3v) is 5.13. The monoisotopic (exact) mass is 404 g/mol. The summed E-state index contributed by atoms with van der Waals surface area (Å²) in [6, 6.07) is 13.2. The van der Waals surface area contributed by atoms with Gasteiger partial charge in [-0.2, -0.15) is 0 Å². The van der Waals surface area contributed by atoms with Crippen molar-refractivity contribution in [2.45, 2.75) is 12.8 Å². The van der Waals surface area contributed by atoms with Gasteiger partial charge in [-0.1, -0.05) is 6.07 Å². The van der Waals surface area contributed by atoms with Crippen LogP contribution in [0.2, 0.25) is 0 Å². The lowest BCUT2D eigenvalue weighted by molar-refractivity contribution is 0.0697. The van der Waals surface area contributed by atoms with Crippen molar-refractivity contribution in [2.24, 2.45) is 0 Å². The zero-order valence-corrected chi connectivity index (χ0v) is 17.1. The largest absolute Gasteiger partial charge is 0.478 e. The molecule has 4 aromatic rings. The van der Waals surface area contributed by atoms with E-state index in [1.807, 2.05) is 12.3 Å². The second kappa shape index (κ2) is 8.51. The Labute approximate surface area is 174 Å². The topological polar surface area (TPSA) is 91.3 Å². The van der Waals surface area contributed by atoms with Gasteiger partial charge in [0.2, 0.25) is 0 Å². The van der Waals surface area contributed by atoms with E-state index in [0.717, 1.165) is 53.9 Å². The SMILES string of the molecule is COC.O=C(O)c1ccc2nc(-c3ccc4[nH]ccc4c3)c(N3CCCC3)nc2c1. The molecule has 0 unspecified atom stereocenters. The quantitative estimate of drug-likeness (QED) is 0.528. The maximum absolute atomic E-state index is 11.3. The summed E-state index contributed by atoms with van der Waals surface area (Å²) in [6.07, 6.45) is 4.19. The number of rotatable bonds is 3. The van der Waals surface area contributed by atoms with Gasteiger partial charge in [0.25, 0.3) is 0 Å². The number of carboxylic acid groups (broad SMARTS) is 1. The van der Waals surface area contributed by atoms with Crippen molar-refractivity contribution < 1.29 is 14.6 Å². The Kier molecular flexibility index (Phi) is 5.63. The number of carbonyl (C=O) groups is 1. The van der Waals surface area contributed by atoms with Crippen molar-refractivity contribution in [3.05, 3.63) is 54.2 Å². The minimum atomic E-state index is -0.955. The highest BCUT2D eigenvalue weighted by molar-refractivity contribution is 5.94. The van der Waals surface area contributed by atoms with E-state index in [0.29, 0.717) is 11.0 Å². The highest BCUT2D eigenvalue weighted by Gasteiger charge is 2.21. The van der Waals surface area contributed by atoms with Crippen LogP contribution in [0.15, 0.2) is 48.7 Å². The van der Waals surface area contributed by atoms with Crippen LogP contribution >= 0.6 is 0 Å². The molecule has 7 nitrogen and oxygen atoms in total. The number of hydrogen-bond donors (Lipinski definition) is 2. The number of methoxy groups -OCH3 is 1. The number of benzene rings is 2. The molecule has 0 atom stereocenters. The first kappa shape index (κ1) is 19.8. The predicted octanol–water partition coefficient (Wildman–Crippen LogP) is 4.34. The van der Waals surface area contributed by atoms with Crippen LogP contribution in [0.1, 0.15) is 23.2 Å². The lowest BCUT2D eigenvalue weighted by atomic mass is 10.1. The zero-order chi connectivity index (χ0) is 21.1. The van der Waals surface area contributed by atoms with Gasteiger partial charge in [-0.25, -0.2) is 14.8 Å². The van der Waals surface area contributed by atoms with Gasteiger partial charge in [-0.3, -0.25) is 0 Å². The summed E-state index contributed by atoms with van der Waals surface area (Å²) < 4.78 is 4.25. The number of aromatic carboxylic acids is 1. The molecule has 0 saturated carbocycles. The fourth-order valence-corrected chi connectivity index (χ4v) is 3.72. The standard InChI is InChI=1S/C21H18N4O2.C2H6O/c26-21(27)15-4-6-17-18(12-15)24-20(25-9-1-2-10-25)19(23-17)14-3-5-16-13(11-14)7-8-22-16;1-3-2/h3-8,11-12,22H,1-2,9-10H2,(H,26,27);1-2H3. The first-order valence-corrected chi connectivity index (χ1v) is 9.88. The molecule has 154 valence electrons. The average Bonchev–Trinajstić information content (AvgIpc) is 3.44. The smallest absolute Gasteiger partial charge is 0.335 e. The molecule has 5 rings (SSSR count). The summed E-state index contributed by atoms with van der Waals surface area (Å²) in [7, 11) is 3.25. The highest BCUT2D eigenvalue weighted by Crippen LogP contribution is 2.33. The lowest BCUT2D eigenvalue weighted by Crippen LogP contribution is -2.20. The third kappa shape index (κ3) is 3.84. The second-order valence-corrected chi connectivity index (χ2v) is 7.29. The van der Waals surface area contributed by atoms with E-state index >= 15 is 0 Å². The number of anilines is 1. The number of nitrogens with zero attached hydrogens (tertiary/aromatic N) is 3. The Morgan fingerprint density at radius 3 is 2.53 bits per heavy atom. The minimum absolute atomic E-state index is 0.227. The van der Waals surface area contributed by atoms with Crippen LogP contribution in [-0.2, 0) is 4.74 Å². The van der Waals surface area contributed by atoms with Crippen molar-refractivity contribution >= 4 is 33.7 Å². The van der Waals surface area contributed by atoms with Crippen LogP contribution in [0.5, 0.6) is 0 Å². The normalized spacial score (nSPS) is 13.5. The summed E-state index contributed by atoms with van der Waals surface area (Å²) in [5, 5.41) is 10.4. The number of carboxylic acids is 1. The average molecular weight is 404 g/mol. The molecule has 7 heteroatoms. The summed E-state index contributed by atoms with van der Waals surface area (Å²) in [6.45, 7) is 1.89. The fraction of sp³-hybridized carbons (Fsp3) is 0.261. The Morgan fingerprint density at radius 1 is 1.03 bits per heavy atom. The molecule has 2 aromatic carbocycles. The van der Waals surface area contributed by atoms with Crippen molar-refractivity contribution in [3.63, 3.8) is 0 Å². The molecule has 0 spiro atoms. The molecule has 0 radical (unpaired) electrons. The molecule has 30 heavy (non-hydrogen) atoms. The first-order chi connectivity index (χ1) is 14.6. The Balaban J connectivity index is 0.000000687. The molecule has 0 bridgehead atoms. The molecule has 1 aliphatic heterocycles. The van der Waals surface area contributed by atoms with E-state index < -0.39 is 5.97 Å². The van der Waals surface area contributed by atoms with E-state index in [4.69, 9.17) is 9.97 Å². The molecule has 1 saturated heterocycles. The van der Waals surface area contributed by atoms with Gasteiger partial charge in [-0.05, 0) is 49.2 Å². The van der Waals surface area contributed by atoms with Gasteiger partial charge in [0.1, 0.15) is 5.69 Å². The maximum Gasteiger partial charge on any atom is 0.335 e. The van der Waals surface area contributed by atoms with Crippen LogP contribution in [0, 0.1) is 0 Å². The molecule has 2 aromatic heterocycles. The van der Waals surface area contributed by atoms with Gasteiger partial charge in [0.05, 0.1) is 16.6 Å². The summed E-state index contributed by atoms with van der Waals surface area (Å²) in [5.41, 5.74) is 4.48. The number of fused-ring (bicyclic) bond motifs is 2. The van der Waals surface area contributed by atoms with Crippen LogP contribution in [0.3, 0.4) is 0 Å². The Bertz CT molecular complexity index is 1200. The van der Waals surface area contributed by atoms with E-state index in [2.05, 4.69) is 32.8 Å². The molecular formula is C23H24N4O3. The van der Waals surface area contributed by atoms with Gasteiger partial charge in [0.15, 0.2) is 5.82 Å². The van der Waals surface area contributed by atoms with Crippen LogP contribution in [-0.4, -0.2) is 53.3 Å². The van der Waals surface area contributed by atoms with Crippen LogP contribution in [0.4, 0.5) is 5.82 Å². The van der Waals surface area contributed by atoms with E-state index in [1.54, 1.807) is 32.4 Å². The molecule has 1 fully saturated rings. The summed E-state index contributed by atoms with van der Waals surface area (Å²) >= 11 is 0. The third-order valence-electron chi connectivity index (χ3n) is 5.13. The lowest BCUT2D eigenvalue weighted by Gasteiger charge is -2.20. The fourth-order valence-electron chi connectivity index (χ4n) is 3.72. The number of ether oxygens (including phenoxy) is 1. The van der Waals surface area contributed by atoms with Gasteiger partial charge in [0, 0.05) is 50.0 Å². The van der Waals surface area contributed by atoms with Gasteiger partial charge in [-0.15, -0.1) is 0 Å². The molecule has 3 heterocycles. The van der Waals surface area contributed by atoms with E-state index in [9.17, 15) is 9.90 Å². The number of hydrogen-bond acceptors (Lipinski definition) is 5. The molecule has 2 N–H and O–H groups in total. The predicted molar refractivity (Wildman–Crippen MR) is 118 cm³/mol. The van der Waals surface area contributed by atoms with Crippen molar-refractivity contribution in [3.8, 4) is 11.3 Å². The van der Waals surface area contributed by atoms with E-state index in [-0.39, 0.29) is 5.56 Å². The minimum Gasteiger partial charge on any atom is -0.478 e. The van der Waals surface area contributed by atoms with Crippen LogP contribution < -0.4 is 4.90 Å². The summed E-state index contributed by atoms with van der Waals surface area (Å²) in [5.74, 6) is -0.124. The molecule has 0 amide bonds. The summed E-state index contributed by atoms with van der Waals surface area (Å²) in [4.78, 5) is 26.5. The number of aromatic nitrogens is 3. The molecular weight excluding hydrogens is 380 g/mol. The van der Waals surface area contributed by atoms with Crippen molar-refractivity contribution in [2.75, 3.05) is 32.2 Å². The molecule has 1 aliphatic rings. The van der Waals surface area contributed by atoms with Crippen LogP contribution in [0.25, 0.3) is 33.2 Å². The van der Waals surface area contributed by atoms with Crippen molar-refractivity contribution in [1.82, 2.24) is 15.0 Å². The van der Waals surface area contributed by atoms with E-state index in [1.165, 1.54) is 0 Å². The Hall–Kier alpha value is -3.45. The number of nitrogens with one attached hydrogen (secondary N) is 1. The molecule has 0 aliphatic carbocycles. The van der Waals surface area contributed by atoms with Gasteiger partial charge >= 0.3 is 5.97 Å². The number of aromatic amines is 1. The van der Waals surface area contributed by atoms with Crippen molar-refractivity contribution in [1.29, 1.82) is 0 Å².